The Hall–Kier alpha value is 0.1000. The normalized spacial score (nSPS) is 22.1. The first-order chi connectivity index (χ1) is 8.72. The molecule has 1 fully saturated rings. The molecule has 102 valence electrons. The molecule has 1 aliphatic rings. The fourth-order valence-electron chi connectivity index (χ4n) is 2.63. The maximum Gasteiger partial charge on any atom is 0.0704 e. The summed E-state index contributed by atoms with van der Waals surface area (Å²) in [7, 11) is 0. The van der Waals surface area contributed by atoms with E-state index in [-0.39, 0.29) is 0 Å². The van der Waals surface area contributed by atoms with Gasteiger partial charge < -0.3 is 10.1 Å². The van der Waals surface area contributed by atoms with E-state index in [2.05, 4.69) is 41.2 Å². The fourth-order valence-corrected chi connectivity index (χ4v) is 4.38. The molecule has 0 aromatic carbocycles. The highest BCUT2D eigenvalue weighted by molar-refractivity contribution is 9.11. The van der Waals surface area contributed by atoms with Crippen molar-refractivity contribution in [1.29, 1.82) is 0 Å². The van der Waals surface area contributed by atoms with Gasteiger partial charge in [0.25, 0.3) is 0 Å². The van der Waals surface area contributed by atoms with Crippen molar-refractivity contribution in [2.45, 2.75) is 39.2 Å². The molecule has 1 aromatic rings. The van der Waals surface area contributed by atoms with Crippen molar-refractivity contribution in [3.8, 4) is 0 Å². The van der Waals surface area contributed by atoms with Crippen LogP contribution in [0.1, 0.15) is 42.7 Å². The first-order valence-electron chi connectivity index (χ1n) is 6.79. The Morgan fingerprint density at radius 2 is 2.44 bits per heavy atom. The van der Waals surface area contributed by atoms with E-state index in [1.807, 2.05) is 11.3 Å². The third kappa shape index (κ3) is 3.56. The average Bonchev–Trinajstić information content (AvgIpc) is 2.70. The molecule has 2 rings (SSSR count). The number of rotatable bonds is 5. The molecule has 2 nitrogen and oxygen atoms in total. The van der Waals surface area contributed by atoms with E-state index < -0.39 is 0 Å². The summed E-state index contributed by atoms with van der Waals surface area (Å²) in [6.07, 6.45) is 3.64. The molecule has 1 saturated heterocycles. The van der Waals surface area contributed by atoms with Crippen molar-refractivity contribution in [3.05, 3.63) is 20.3 Å². The van der Waals surface area contributed by atoms with Crippen LogP contribution in [0.4, 0.5) is 0 Å². The summed E-state index contributed by atoms with van der Waals surface area (Å²) in [5.41, 5.74) is 1.45. The second-order valence-electron chi connectivity index (χ2n) is 4.97. The summed E-state index contributed by atoms with van der Waals surface area (Å²) >= 11 is 5.43. The zero-order chi connectivity index (χ0) is 13.0. The summed E-state index contributed by atoms with van der Waals surface area (Å²) in [4.78, 5) is 1.42. The van der Waals surface area contributed by atoms with Gasteiger partial charge in [-0.2, -0.15) is 0 Å². The van der Waals surface area contributed by atoms with E-state index in [1.165, 1.54) is 33.5 Å². The Labute approximate surface area is 122 Å². The predicted molar refractivity (Wildman–Crippen MR) is 81.3 cm³/mol. The van der Waals surface area contributed by atoms with Gasteiger partial charge in [-0.3, -0.25) is 0 Å². The van der Waals surface area contributed by atoms with Gasteiger partial charge in [0.05, 0.1) is 10.4 Å². The summed E-state index contributed by atoms with van der Waals surface area (Å²) in [5, 5.41) is 3.72. The average molecular weight is 332 g/mol. The van der Waals surface area contributed by atoms with Gasteiger partial charge in [0.1, 0.15) is 0 Å². The molecular formula is C14H22BrNOS. The second kappa shape index (κ2) is 7.04. The Morgan fingerprint density at radius 3 is 3.00 bits per heavy atom. The van der Waals surface area contributed by atoms with Crippen molar-refractivity contribution < 1.29 is 4.74 Å². The lowest BCUT2D eigenvalue weighted by Crippen LogP contribution is -2.34. The van der Waals surface area contributed by atoms with Crippen molar-refractivity contribution in [1.82, 2.24) is 5.32 Å². The van der Waals surface area contributed by atoms with Gasteiger partial charge in [0.2, 0.25) is 0 Å². The number of thiophene rings is 1. The predicted octanol–water partition coefficient (Wildman–Crippen LogP) is 4.29. The van der Waals surface area contributed by atoms with Crippen molar-refractivity contribution in [2.75, 3.05) is 19.8 Å². The quantitative estimate of drug-likeness (QED) is 0.869. The summed E-state index contributed by atoms with van der Waals surface area (Å²) in [5.74, 6) is 0.616. The summed E-state index contributed by atoms with van der Waals surface area (Å²) in [6, 6.07) is 2.73. The van der Waals surface area contributed by atoms with Gasteiger partial charge in [0, 0.05) is 23.4 Å². The zero-order valence-electron chi connectivity index (χ0n) is 11.2. The smallest absolute Gasteiger partial charge is 0.0704 e. The highest BCUT2D eigenvalue weighted by Crippen LogP contribution is 2.36. The first kappa shape index (κ1) is 14.5. The Kier molecular flexibility index (Phi) is 5.67. The van der Waals surface area contributed by atoms with Gasteiger partial charge in [0.15, 0.2) is 0 Å². The van der Waals surface area contributed by atoms with Crippen LogP contribution in [0.15, 0.2) is 9.85 Å². The van der Waals surface area contributed by atoms with E-state index >= 15 is 0 Å². The first-order valence-corrected chi connectivity index (χ1v) is 8.40. The Balaban J connectivity index is 2.15. The molecule has 1 aromatic heterocycles. The molecule has 0 radical (unpaired) electrons. The number of hydrogen-bond acceptors (Lipinski definition) is 3. The minimum atomic E-state index is 0.452. The number of nitrogens with one attached hydrogen (secondary N) is 1. The van der Waals surface area contributed by atoms with Crippen molar-refractivity contribution in [2.24, 2.45) is 5.92 Å². The van der Waals surface area contributed by atoms with Crippen LogP contribution in [0.25, 0.3) is 0 Å². The maximum atomic E-state index is 5.66. The molecule has 4 heteroatoms. The van der Waals surface area contributed by atoms with Crippen LogP contribution in [-0.4, -0.2) is 19.8 Å². The molecule has 0 aliphatic carbocycles. The third-order valence-corrected chi connectivity index (χ3v) is 5.11. The van der Waals surface area contributed by atoms with Crippen LogP contribution < -0.4 is 5.32 Å². The lowest BCUT2D eigenvalue weighted by Gasteiger charge is -2.31. The van der Waals surface area contributed by atoms with Crippen LogP contribution >= 0.6 is 27.3 Å². The molecule has 0 amide bonds. The van der Waals surface area contributed by atoms with Crippen LogP contribution in [0.5, 0.6) is 0 Å². The molecule has 1 aliphatic heterocycles. The van der Waals surface area contributed by atoms with Crippen LogP contribution in [0.2, 0.25) is 0 Å². The molecule has 2 unspecified atom stereocenters. The van der Waals surface area contributed by atoms with Gasteiger partial charge in [-0.25, -0.2) is 0 Å². The van der Waals surface area contributed by atoms with Crippen molar-refractivity contribution >= 4 is 27.3 Å². The highest BCUT2D eigenvalue weighted by atomic mass is 79.9. The number of halogens is 1. The zero-order valence-corrected chi connectivity index (χ0v) is 13.6. The number of ether oxygens (including phenoxy) is 1. The standard InChI is InChI=1S/C14H22BrNOS/c1-3-6-16-14(11-5-4-7-17-9-11)12-8-13(15)18-10(12)2/h8,11,14,16H,3-7,9H2,1-2H3. The Bertz CT molecular complexity index is 374. The molecule has 2 atom stereocenters. The van der Waals surface area contributed by atoms with Crippen LogP contribution in [0.3, 0.4) is 0 Å². The van der Waals surface area contributed by atoms with E-state index in [1.54, 1.807) is 0 Å². The molecule has 2 heterocycles. The van der Waals surface area contributed by atoms with E-state index in [0.717, 1.165) is 19.8 Å². The van der Waals surface area contributed by atoms with E-state index in [4.69, 9.17) is 4.74 Å². The van der Waals surface area contributed by atoms with Crippen LogP contribution in [-0.2, 0) is 4.74 Å². The topological polar surface area (TPSA) is 21.3 Å². The van der Waals surface area contributed by atoms with Gasteiger partial charge in [-0.1, -0.05) is 6.92 Å². The van der Waals surface area contributed by atoms with E-state index in [9.17, 15) is 0 Å². The third-order valence-electron chi connectivity index (χ3n) is 3.54. The minimum absolute atomic E-state index is 0.452. The molecule has 0 spiro atoms. The lowest BCUT2D eigenvalue weighted by molar-refractivity contribution is 0.0390. The van der Waals surface area contributed by atoms with E-state index in [0.29, 0.717) is 12.0 Å². The molecule has 1 N–H and O–H groups in total. The van der Waals surface area contributed by atoms with Gasteiger partial charge >= 0.3 is 0 Å². The SMILES string of the molecule is CCCNC(c1cc(Br)sc1C)C1CCCOC1. The summed E-state index contributed by atoms with van der Waals surface area (Å²) < 4.78 is 6.89. The fraction of sp³-hybridized carbons (Fsp3) is 0.714. The van der Waals surface area contributed by atoms with Gasteiger partial charge in [-0.15, -0.1) is 11.3 Å². The molecule has 18 heavy (non-hydrogen) atoms. The molecular weight excluding hydrogens is 310 g/mol. The highest BCUT2D eigenvalue weighted by Gasteiger charge is 2.27. The van der Waals surface area contributed by atoms with Crippen LogP contribution in [0, 0.1) is 12.8 Å². The number of aryl methyl sites for hydroxylation is 1. The van der Waals surface area contributed by atoms with Crippen molar-refractivity contribution in [3.63, 3.8) is 0 Å². The molecule has 0 bridgehead atoms. The monoisotopic (exact) mass is 331 g/mol. The Morgan fingerprint density at radius 1 is 1.61 bits per heavy atom. The molecule has 0 saturated carbocycles. The lowest BCUT2D eigenvalue weighted by atomic mass is 9.89. The summed E-state index contributed by atoms with van der Waals surface area (Å²) in [6.45, 7) is 7.35. The van der Waals surface area contributed by atoms with Gasteiger partial charge in [-0.05, 0) is 60.3 Å². The minimum Gasteiger partial charge on any atom is -0.381 e. The largest absolute Gasteiger partial charge is 0.381 e. The number of hydrogen-bond donors (Lipinski definition) is 1. The maximum absolute atomic E-state index is 5.66. The second-order valence-corrected chi connectivity index (χ2v) is 7.61.